The van der Waals surface area contributed by atoms with E-state index in [2.05, 4.69) is 36.3 Å². The average molecular weight is 405 g/mol. The molecule has 0 radical (unpaired) electrons. The van der Waals surface area contributed by atoms with Crippen LogP contribution in [0.1, 0.15) is 38.2 Å². The van der Waals surface area contributed by atoms with E-state index < -0.39 is 0 Å². The number of nitrogens with zero attached hydrogens (tertiary/aromatic N) is 1. The van der Waals surface area contributed by atoms with Gasteiger partial charge in [-0.05, 0) is 38.3 Å². The lowest BCUT2D eigenvalue weighted by Gasteiger charge is -2.06. The molecule has 0 aliphatic rings. The molecule has 0 heterocycles. The number of guanidine groups is 1. The maximum atomic E-state index is 5.74. The summed E-state index contributed by atoms with van der Waals surface area (Å²) in [6.07, 6.45) is 4.26. The first-order valence-corrected chi connectivity index (χ1v) is 7.45. The zero-order valence-corrected chi connectivity index (χ0v) is 15.4. The van der Waals surface area contributed by atoms with Gasteiger partial charge in [0.05, 0.1) is 6.61 Å². The van der Waals surface area contributed by atoms with Crippen molar-refractivity contribution in [1.29, 1.82) is 0 Å². The zero-order valence-electron chi connectivity index (χ0n) is 13.1. The van der Waals surface area contributed by atoms with Crippen LogP contribution in [0.15, 0.2) is 29.3 Å². The molecule has 0 fully saturated rings. The fourth-order valence-electron chi connectivity index (χ4n) is 1.69. The number of rotatable bonds is 9. The SMILES string of the molecule is CCCCNC(N)=NCCCCOc1ccc(C)cc1.I. The molecule has 1 aromatic rings. The Balaban J connectivity index is 0.00000400. The summed E-state index contributed by atoms with van der Waals surface area (Å²) >= 11 is 0. The molecule has 0 aliphatic carbocycles. The smallest absolute Gasteiger partial charge is 0.188 e. The number of ether oxygens (including phenoxy) is 1. The summed E-state index contributed by atoms with van der Waals surface area (Å²) in [6.45, 7) is 6.61. The average Bonchev–Trinajstić information content (AvgIpc) is 2.45. The summed E-state index contributed by atoms with van der Waals surface area (Å²) < 4.78 is 5.65. The second-order valence-corrected chi connectivity index (χ2v) is 4.92. The molecular weight excluding hydrogens is 377 g/mol. The molecule has 0 spiro atoms. The van der Waals surface area contributed by atoms with Gasteiger partial charge < -0.3 is 15.8 Å². The summed E-state index contributed by atoms with van der Waals surface area (Å²) in [7, 11) is 0. The van der Waals surface area contributed by atoms with E-state index >= 15 is 0 Å². The van der Waals surface area contributed by atoms with Crippen molar-refractivity contribution < 1.29 is 4.74 Å². The lowest BCUT2D eigenvalue weighted by Crippen LogP contribution is -2.32. The highest BCUT2D eigenvalue weighted by Crippen LogP contribution is 2.11. The molecule has 1 rings (SSSR count). The second-order valence-electron chi connectivity index (χ2n) is 4.92. The van der Waals surface area contributed by atoms with E-state index in [1.807, 2.05) is 12.1 Å². The molecule has 0 aliphatic heterocycles. The second kappa shape index (κ2) is 12.7. The quantitative estimate of drug-likeness (QED) is 0.286. The Kier molecular flexibility index (Phi) is 12.1. The number of halogens is 1. The van der Waals surface area contributed by atoms with Gasteiger partial charge in [-0.25, -0.2) is 0 Å². The predicted molar refractivity (Wildman–Crippen MR) is 101 cm³/mol. The van der Waals surface area contributed by atoms with Crippen molar-refractivity contribution in [2.75, 3.05) is 19.7 Å². The van der Waals surface area contributed by atoms with E-state index in [0.29, 0.717) is 5.96 Å². The van der Waals surface area contributed by atoms with E-state index in [1.54, 1.807) is 0 Å². The number of aryl methyl sites for hydroxylation is 1. The molecule has 0 saturated heterocycles. The first kappa shape index (κ1) is 20.0. The molecule has 0 atom stereocenters. The van der Waals surface area contributed by atoms with Crippen molar-refractivity contribution in [2.24, 2.45) is 10.7 Å². The first-order valence-electron chi connectivity index (χ1n) is 7.45. The third-order valence-corrected chi connectivity index (χ3v) is 2.96. The number of benzene rings is 1. The minimum atomic E-state index is 0. The van der Waals surface area contributed by atoms with Crippen LogP contribution in [0.3, 0.4) is 0 Å². The third-order valence-electron chi connectivity index (χ3n) is 2.96. The van der Waals surface area contributed by atoms with E-state index in [0.717, 1.165) is 51.1 Å². The summed E-state index contributed by atoms with van der Waals surface area (Å²) in [5.74, 6) is 1.48. The number of nitrogens with one attached hydrogen (secondary N) is 1. The van der Waals surface area contributed by atoms with Crippen LogP contribution in [0, 0.1) is 6.92 Å². The van der Waals surface area contributed by atoms with E-state index in [1.165, 1.54) is 5.56 Å². The van der Waals surface area contributed by atoms with Gasteiger partial charge in [-0.2, -0.15) is 0 Å². The van der Waals surface area contributed by atoms with Gasteiger partial charge in [0.15, 0.2) is 5.96 Å². The molecular formula is C16H28IN3O. The molecule has 0 bridgehead atoms. The molecule has 120 valence electrons. The summed E-state index contributed by atoms with van der Waals surface area (Å²) in [6, 6.07) is 8.12. The van der Waals surface area contributed by atoms with Gasteiger partial charge in [-0.1, -0.05) is 31.0 Å². The van der Waals surface area contributed by atoms with Crippen molar-refractivity contribution in [3.8, 4) is 5.75 Å². The molecule has 3 N–H and O–H groups in total. The van der Waals surface area contributed by atoms with Crippen LogP contribution >= 0.6 is 24.0 Å². The fraction of sp³-hybridized carbons (Fsp3) is 0.562. The van der Waals surface area contributed by atoms with Gasteiger partial charge in [-0.3, -0.25) is 4.99 Å². The molecule has 0 amide bonds. The monoisotopic (exact) mass is 405 g/mol. The third kappa shape index (κ3) is 10.4. The molecule has 4 nitrogen and oxygen atoms in total. The minimum Gasteiger partial charge on any atom is -0.494 e. The maximum Gasteiger partial charge on any atom is 0.188 e. The highest BCUT2D eigenvalue weighted by molar-refractivity contribution is 14.0. The van der Waals surface area contributed by atoms with Gasteiger partial charge >= 0.3 is 0 Å². The molecule has 1 aromatic carbocycles. The van der Waals surface area contributed by atoms with Crippen LogP contribution in [0.5, 0.6) is 5.75 Å². The van der Waals surface area contributed by atoms with Gasteiger partial charge in [-0.15, -0.1) is 24.0 Å². The topological polar surface area (TPSA) is 59.6 Å². The zero-order chi connectivity index (χ0) is 14.6. The molecule has 0 unspecified atom stereocenters. The Labute approximate surface area is 145 Å². The molecule has 5 heteroatoms. The van der Waals surface area contributed by atoms with Crippen LogP contribution in [-0.4, -0.2) is 25.7 Å². The van der Waals surface area contributed by atoms with Crippen molar-refractivity contribution in [1.82, 2.24) is 5.32 Å². The van der Waals surface area contributed by atoms with Crippen LogP contribution in [0.25, 0.3) is 0 Å². The van der Waals surface area contributed by atoms with Crippen LogP contribution < -0.4 is 15.8 Å². The van der Waals surface area contributed by atoms with Crippen molar-refractivity contribution in [3.63, 3.8) is 0 Å². The summed E-state index contributed by atoms with van der Waals surface area (Å²) in [5.41, 5.74) is 6.99. The number of unbranched alkanes of at least 4 members (excludes halogenated alkanes) is 2. The fourth-order valence-corrected chi connectivity index (χ4v) is 1.69. The normalized spacial score (nSPS) is 10.9. The van der Waals surface area contributed by atoms with Crippen molar-refractivity contribution in [2.45, 2.75) is 39.5 Å². The van der Waals surface area contributed by atoms with Crippen molar-refractivity contribution in [3.05, 3.63) is 29.8 Å². The largest absolute Gasteiger partial charge is 0.494 e. The number of hydrogen-bond acceptors (Lipinski definition) is 2. The predicted octanol–water partition coefficient (Wildman–Crippen LogP) is 3.48. The summed E-state index contributed by atoms with van der Waals surface area (Å²) in [5, 5.41) is 3.10. The Morgan fingerprint density at radius 2 is 1.90 bits per heavy atom. The summed E-state index contributed by atoms with van der Waals surface area (Å²) in [4.78, 5) is 4.28. The Hall–Kier alpha value is -0.980. The van der Waals surface area contributed by atoms with Crippen molar-refractivity contribution >= 4 is 29.9 Å². The molecule has 0 aromatic heterocycles. The lowest BCUT2D eigenvalue weighted by molar-refractivity contribution is 0.308. The van der Waals surface area contributed by atoms with Crippen LogP contribution in [0.4, 0.5) is 0 Å². The first-order chi connectivity index (χ1) is 9.72. The maximum absolute atomic E-state index is 5.74. The lowest BCUT2D eigenvalue weighted by atomic mass is 10.2. The Morgan fingerprint density at radius 3 is 2.57 bits per heavy atom. The number of nitrogens with two attached hydrogens (primary N) is 1. The van der Waals surface area contributed by atoms with E-state index in [4.69, 9.17) is 10.5 Å². The van der Waals surface area contributed by atoms with Gasteiger partial charge in [0, 0.05) is 13.1 Å². The van der Waals surface area contributed by atoms with Gasteiger partial charge in [0.2, 0.25) is 0 Å². The Bertz CT molecular complexity index is 393. The highest BCUT2D eigenvalue weighted by atomic mass is 127. The highest BCUT2D eigenvalue weighted by Gasteiger charge is 1.94. The number of aliphatic imine (C=N–C) groups is 1. The number of hydrogen-bond donors (Lipinski definition) is 2. The van der Waals surface area contributed by atoms with E-state index in [-0.39, 0.29) is 24.0 Å². The van der Waals surface area contributed by atoms with Gasteiger partial charge in [0.1, 0.15) is 5.75 Å². The van der Waals surface area contributed by atoms with E-state index in [9.17, 15) is 0 Å². The Morgan fingerprint density at radius 1 is 1.19 bits per heavy atom. The minimum absolute atomic E-state index is 0. The van der Waals surface area contributed by atoms with Crippen LogP contribution in [-0.2, 0) is 0 Å². The molecule has 0 saturated carbocycles. The van der Waals surface area contributed by atoms with Gasteiger partial charge in [0.25, 0.3) is 0 Å². The molecule has 21 heavy (non-hydrogen) atoms. The van der Waals surface area contributed by atoms with Crippen LogP contribution in [0.2, 0.25) is 0 Å². The standard InChI is InChI=1S/C16H27N3O.HI/c1-3-4-11-18-16(17)19-12-5-6-13-20-15-9-7-14(2)8-10-15;/h7-10H,3-6,11-13H2,1-2H3,(H3,17,18,19);1H.